The van der Waals surface area contributed by atoms with Gasteiger partial charge in [-0.15, -0.1) is 0 Å². The number of carbonyl (C=O) groups is 1. The summed E-state index contributed by atoms with van der Waals surface area (Å²) in [5.74, 6) is -0.544. The average molecular weight is 378 g/mol. The summed E-state index contributed by atoms with van der Waals surface area (Å²) in [5, 5.41) is 5.15. The Balaban J connectivity index is 2.43. The van der Waals surface area contributed by atoms with E-state index < -0.39 is 6.04 Å². The molecule has 0 saturated carbocycles. The molecule has 0 aliphatic carbocycles. The lowest BCUT2D eigenvalue weighted by Crippen LogP contribution is -2.12. The first-order valence-electron chi connectivity index (χ1n) is 7.67. The predicted octanol–water partition coefficient (Wildman–Crippen LogP) is 6.08. The largest absolute Gasteiger partial charge is 0.469 e. The molecular formula is C18H17Cl2N3O2. The first-order chi connectivity index (χ1) is 12.0. The quantitative estimate of drug-likeness (QED) is 0.253. The normalized spacial score (nSPS) is 12.8. The van der Waals surface area contributed by atoms with Crippen LogP contribution in [0, 0.1) is 0 Å². The van der Waals surface area contributed by atoms with Crippen molar-refractivity contribution in [1.29, 1.82) is 0 Å². The van der Waals surface area contributed by atoms with Gasteiger partial charge in [0.25, 0.3) is 0 Å². The van der Waals surface area contributed by atoms with Gasteiger partial charge in [0.2, 0.25) is 0 Å². The van der Waals surface area contributed by atoms with E-state index in [1.54, 1.807) is 18.2 Å². The summed E-state index contributed by atoms with van der Waals surface area (Å²) in [6.45, 7) is 0. The van der Waals surface area contributed by atoms with Crippen LogP contribution in [0.1, 0.15) is 35.9 Å². The third-order valence-corrected chi connectivity index (χ3v) is 4.42. The number of hydrogen-bond acceptors (Lipinski definition) is 3. The van der Waals surface area contributed by atoms with Gasteiger partial charge in [-0.3, -0.25) is 4.79 Å². The number of ether oxygens (including phenoxy) is 1. The number of methoxy groups -OCH3 is 1. The van der Waals surface area contributed by atoms with Crippen LogP contribution >= 0.6 is 23.2 Å². The molecule has 0 radical (unpaired) electrons. The number of hydrogen-bond donors (Lipinski definition) is 0. The van der Waals surface area contributed by atoms with Gasteiger partial charge in [0, 0.05) is 21.4 Å². The second kappa shape index (κ2) is 9.33. The van der Waals surface area contributed by atoms with Crippen molar-refractivity contribution in [2.75, 3.05) is 7.11 Å². The second-order valence-electron chi connectivity index (χ2n) is 5.48. The molecule has 7 heteroatoms. The number of azide groups is 1. The maximum Gasteiger partial charge on any atom is 0.305 e. The summed E-state index contributed by atoms with van der Waals surface area (Å²) < 4.78 is 4.74. The van der Waals surface area contributed by atoms with Crippen LogP contribution in [0.4, 0.5) is 0 Å². The Morgan fingerprint density at radius 3 is 2.48 bits per heavy atom. The number of carbonyl (C=O) groups excluding carboxylic acids is 1. The zero-order valence-corrected chi connectivity index (χ0v) is 15.1. The number of halogens is 2. The molecule has 0 aliphatic heterocycles. The van der Waals surface area contributed by atoms with Crippen molar-refractivity contribution in [3.8, 4) is 0 Å². The van der Waals surface area contributed by atoms with Crippen LogP contribution in [0.2, 0.25) is 10.0 Å². The molecule has 0 heterocycles. The molecular weight excluding hydrogens is 361 g/mol. The lowest BCUT2D eigenvalue weighted by molar-refractivity contribution is -0.140. The van der Waals surface area contributed by atoms with Gasteiger partial charge in [0.15, 0.2) is 0 Å². The smallest absolute Gasteiger partial charge is 0.305 e. The Labute approximate surface area is 156 Å². The maximum absolute atomic E-state index is 11.6. The third-order valence-electron chi connectivity index (χ3n) is 3.93. The van der Waals surface area contributed by atoms with E-state index in [0.29, 0.717) is 16.5 Å². The predicted molar refractivity (Wildman–Crippen MR) is 98.8 cm³/mol. The third kappa shape index (κ3) is 5.40. The highest BCUT2D eigenvalue weighted by molar-refractivity contribution is 6.30. The van der Waals surface area contributed by atoms with Crippen LogP contribution in [0.15, 0.2) is 53.6 Å². The van der Waals surface area contributed by atoms with Gasteiger partial charge in [-0.05, 0) is 53.3 Å². The Kier molecular flexibility index (Phi) is 7.14. The summed E-state index contributed by atoms with van der Waals surface area (Å²) in [6, 6.07) is 14.0. The van der Waals surface area contributed by atoms with Crippen LogP contribution in [0.25, 0.3) is 10.4 Å². The summed E-state index contributed by atoms with van der Waals surface area (Å²) in [4.78, 5) is 14.6. The van der Waals surface area contributed by atoms with E-state index in [0.717, 1.165) is 11.1 Å². The number of benzene rings is 2. The van der Waals surface area contributed by atoms with Crippen molar-refractivity contribution in [3.63, 3.8) is 0 Å². The lowest BCUT2D eigenvalue weighted by atomic mass is 9.84. The molecule has 0 N–H and O–H groups in total. The van der Waals surface area contributed by atoms with E-state index in [2.05, 4.69) is 10.0 Å². The Morgan fingerprint density at radius 2 is 1.88 bits per heavy atom. The molecule has 5 nitrogen and oxygen atoms in total. The van der Waals surface area contributed by atoms with Crippen molar-refractivity contribution < 1.29 is 9.53 Å². The lowest BCUT2D eigenvalue weighted by Gasteiger charge is -2.24. The summed E-state index contributed by atoms with van der Waals surface area (Å²) in [7, 11) is 1.35. The van der Waals surface area contributed by atoms with Crippen molar-refractivity contribution in [3.05, 3.63) is 80.1 Å². The number of esters is 1. The van der Waals surface area contributed by atoms with E-state index in [1.165, 1.54) is 7.11 Å². The first-order valence-corrected chi connectivity index (χ1v) is 8.42. The maximum atomic E-state index is 11.6. The van der Waals surface area contributed by atoms with Crippen LogP contribution in [0.3, 0.4) is 0 Å². The van der Waals surface area contributed by atoms with Crippen molar-refractivity contribution in [1.82, 2.24) is 0 Å². The minimum Gasteiger partial charge on any atom is -0.469 e. The average Bonchev–Trinajstić information content (AvgIpc) is 2.61. The summed E-state index contributed by atoms with van der Waals surface area (Å²) in [6.07, 6.45) is 0.665. The summed E-state index contributed by atoms with van der Waals surface area (Å²) >= 11 is 12.1. The fraction of sp³-hybridized carbons (Fsp3) is 0.278. The van der Waals surface area contributed by atoms with E-state index in [9.17, 15) is 4.79 Å². The van der Waals surface area contributed by atoms with Crippen molar-refractivity contribution in [2.24, 2.45) is 5.11 Å². The van der Waals surface area contributed by atoms with Gasteiger partial charge in [0.1, 0.15) is 0 Å². The van der Waals surface area contributed by atoms with Gasteiger partial charge >= 0.3 is 5.97 Å². The molecule has 2 atom stereocenters. The van der Waals surface area contributed by atoms with Crippen molar-refractivity contribution in [2.45, 2.75) is 24.8 Å². The van der Waals surface area contributed by atoms with Gasteiger partial charge < -0.3 is 4.74 Å². The Hall–Kier alpha value is -2.20. The molecule has 0 aliphatic rings. The fourth-order valence-electron chi connectivity index (χ4n) is 2.71. The van der Waals surface area contributed by atoms with E-state index >= 15 is 0 Å². The minimum absolute atomic E-state index is 0.207. The first kappa shape index (κ1) is 19.1. The van der Waals surface area contributed by atoms with E-state index in [4.69, 9.17) is 33.5 Å². The van der Waals surface area contributed by atoms with Crippen LogP contribution in [-0.4, -0.2) is 13.1 Å². The zero-order chi connectivity index (χ0) is 18.2. The molecule has 2 unspecified atom stereocenters. The molecule has 0 aromatic heterocycles. The highest BCUT2D eigenvalue weighted by Gasteiger charge is 2.25. The van der Waals surface area contributed by atoms with Gasteiger partial charge in [-0.1, -0.05) is 52.6 Å². The molecule has 0 amide bonds. The molecule has 2 aromatic carbocycles. The summed E-state index contributed by atoms with van der Waals surface area (Å²) in [5.41, 5.74) is 10.8. The van der Waals surface area contributed by atoms with Gasteiger partial charge in [-0.25, -0.2) is 0 Å². The molecule has 25 heavy (non-hydrogen) atoms. The molecule has 0 saturated heterocycles. The minimum atomic E-state index is -0.495. The van der Waals surface area contributed by atoms with Crippen molar-refractivity contribution >= 4 is 29.2 Å². The molecule has 0 spiro atoms. The highest BCUT2D eigenvalue weighted by atomic mass is 35.5. The number of nitrogens with zero attached hydrogens (tertiary/aromatic N) is 3. The standard InChI is InChI=1S/C18H17Cl2N3O2/c1-25-17(24)10-9-16(13-3-2-4-15(20)11-13)18(22-23-21)12-5-7-14(19)8-6-12/h2-8,11,16,18H,9-10H2,1H3. The van der Waals surface area contributed by atoms with E-state index in [-0.39, 0.29) is 18.3 Å². The van der Waals surface area contributed by atoms with Crippen LogP contribution < -0.4 is 0 Å². The number of rotatable bonds is 7. The molecule has 2 aromatic rings. The monoisotopic (exact) mass is 377 g/mol. The van der Waals surface area contributed by atoms with Crippen LogP contribution in [0.5, 0.6) is 0 Å². The second-order valence-corrected chi connectivity index (χ2v) is 6.35. The molecule has 0 fully saturated rings. The Morgan fingerprint density at radius 1 is 1.16 bits per heavy atom. The fourth-order valence-corrected chi connectivity index (χ4v) is 3.04. The molecule has 2 rings (SSSR count). The van der Waals surface area contributed by atoms with Gasteiger partial charge in [0.05, 0.1) is 13.2 Å². The highest BCUT2D eigenvalue weighted by Crippen LogP contribution is 2.39. The van der Waals surface area contributed by atoms with E-state index in [1.807, 2.05) is 30.3 Å². The molecule has 0 bridgehead atoms. The van der Waals surface area contributed by atoms with Gasteiger partial charge in [-0.2, -0.15) is 0 Å². The SMILES string of the molecule is COC(=O)CCC(c1cccc(Cl)c1)C(N=[N+]=[N-])c1ccc(Cl)cc1. The van der Waals surface area contributed by atoms with Crippen LogP contribution in [-0.2, 0) is 9.53 Å². The Bertz CT molecular complexity index is 774. The topological polar surface area (TPSA) is 75.1 Å². The zero-order valence-electron chi connectivity index (χ0n) is 13.6. The molecule has 130 valence electrons.